The predicted octanol–water partition coefficient (Wildman–Crippen LogP) is 1.90. The van der Waals surface area contributed by atoms with Crippen molar-refractivity contribution in [1.82, 2.24) is 9.55 Å². The lowest BCUT2D eigenvalue weighted by atomic mass is 10.2. The van der Waals surface area contributed by atoms with Crippen molar-refractivity contribution >= 4 is 11.0 Å². The van der Waals surface area contributed by atoms with E-state index in [-0.39, 0.29) is 6.04 Å². The Morgan fingerprint density at radius 3 is 2.71 bits per heavy atom. The molecule has 2 aromatic rings. The predicted molar refractivity (Wildman–Crippen MR) is 58.1 cm³/mol. The zero-order valence-corrected chi connectivity index (χ0v) is 8.78. The van der Waals surface area contributed by atoms with Gasteiger partial charge in [0, 0.05) is 7.05 Å². The molecule has 2 rings (SSSR count). The number of nitrogens with two attached hydrogens (primary N) is 1. The van der Waals surface area contributed by atoms with E-state index in [9.17, 15) is 0 Å². The van der Waals surface area contributed by atoms with Gasteiger partial charge in [-0.2, -0.15) is 0 Å². The van der Waals surface area contributed by atoms with Gasteiger partial charge in [-0.15, -0.1) is 0 Å². The average molecular weight is 189 g/mol. The van der Waals surface area contributed by atoms with Crippen molar-refractivity contribution in [2.45, 2.75) is 19.9 Å². The summed E-state index contributed by atoms with van der Waals surface area (Å²) in [4.78, 5) is 4.51. The molecule has 1 aromatic carbocycles. The van der Waals surface area contributed by atoms with Crippen molar-refractivity contribution in [3.8, 4) is 0 Å². The summed E-state index contributed by atoms with van der Waals surface area (Å²) in [6.07, 6.45) is 0. The van der Waals surface area contributed by atoms with Crippen LogP contribution in [0.5, 0.6) is 0 Å². The zero-order valence-electron chi connectivity index (χ0n) is 8.78. The van der Waals surface area contributed by atoms with Crippen LogP contribution in [0.1, 0.15) is 24.4 Å². The van der Waals surface area contributed by atoms with Gasteiger partial charge in [0.15, 0.2) is 0 Å². The fourth-order valence-corrected chi connectivity index (χ4v) is 1.89. The van der Waals surface area contributed by atoms with Crippen molar-refractivity contribution < 1.29 is 0 Å². The topological polar surface area (TPSA) is 43.8 Å². The number of aryl methyl sites for hydroxylation is 2. The van der Waals surface area contributed by atoms with E-state index in [1.807, 2.05) is 26.1 Å². The Labute approximate surface area is 83.6 Å². The molecule has 0 saturated heterocycles. The van der Waals surface area contributed by atoms with Crippen molar-refractivity contribution in [2.75, 3.05) is 0 Å². The van der Waals surface area contributed by atoms with Crippen LogP contribution < -0.4 is 5.73 Å². The number of benzene rings is 1. The molecule has 0 radical (unpaired) electrons. The number of imidazole rings is 1. The molecule has 14 heavy (non-hydrogen) atoms. The lowest BCUT2D eigenvalue weighted by Gasteiger charge is -2.05. The molecule has 2 N–H and O–H groups in total. The van der Waals surface area contributed by atoms with Gasteiger partial charge >= 0.3 is 0 Å². The molecule has 0 aliphatic carbocycles. The van der Waals surface area contributed by atoms with Gasteiger partial charge in [0.2, 0.25) is 0 Å². The molecule has 1 heterocycles. The minimum atomic E-state index is -0.0215. The van der Waals surface area contributed by atoms with Crippen LogP contribution in [0.2, 0.25) is 0 Å². The Hall–Kier alpha value is -1.35. The third-order valence-corrected chi connectivity index (χ3v) is 2.54. The van der Waals surface area contributed by atoms with Gasteiger partial charge in [-0.05, 0) is 25.5 Å². The van der Waals surface area contributed by atoms with Gasteiger partial charge in [-0.3, -0.25) is 0 Å². The van der Waals surface area contributed by atoms with Crippen LogP contribution >= 0.6 is 0 Å². The third-order valence-electron chi connectivity index (χ3n) is 2.54. The minimum Gasteiger partial charge on any atom is -0.330 e. The molecule has 1 aromatic heterocycles. The Morgan fingerprint density at radius 1 is 1.43 bits per heavy atom. The Morgan fingerprint density at radius 2 is 2.14 bits per heavy atom. The molecule has 0 aliphatic heterocycles. The summed E-state index contributed by atoms with van der Waals surface area (Å²) in [5.74, 6) is 0.939. The molecule has 0 unspecified atom stereocenters. The molecule has 0 spiro atoms. The first-order chi connectivity index (χ1) is 6.61. The largest absolute Gasteiger partial charge is 0.330 e. The fraction of sp³-hybridized carbons (Fsp3) is 0.364. The number of rotatable bonds is 1. The lowest BCUT2D eigenvalue weighted by molar-refractivity contribution is 0.695. The number of para-hydroxylation sites is 1. The molecule has 1 atom stereocenters. The second kappa shape index (κ2) is 3.10. The maximum Gasteiger partial charge on any atom is 0.126 e. The number of fused-ring (bicyclic) bond motifs is 1. The van der Waals surface area contributed by atoms with E-state index in [0.717, 1.165) is 11.3 Å². The highest BCUT2D eigenvalue weighted by molar-refractivity contribution is 5.79. The summed E-state index contributed by atoms with van der Waals surface area (Å²) >= 11 is 0. The van der Waals surface area contributed by atoms with E-state index in [1.165, 1.54) is 11.1 Å². The molecule has 0 fully saturated rings. The Balaban J connectivity index is 2.81. The minimum absolute atomic E-state index is 0.0215. The summed E-state index contributed by atoms with van der Waals surface area (Å²) in [7, 11) is 2.01. The van der Waals surface area contributed by atoms with Gasteiger partial charge < -0.3 is 10.3 Å². The van der Waals surface area contributed by atoms with E-state index in [1.54, 1.807) is 0 Å². The molecular formula is C11H15N3. The SMILES string of the molecule is Cc1cccc2nc([C@H](C)N)n(C)c12. The van der Waals surface area contributed by atoms with Crippen LogP contribution in [-0.2, 0) is 7.05 Å². The maximum absolute atomic E-state index is 5.85. The van der Waals surface area contributed by atoms with Gasteiger partial charge in [0.1, 0.15) is 5.82 Å². The highest BCUT2D eigenvalue weighted by Gasteiger charge is 2.11. The number of aromatic nitrogens is 2. The Kier molecular flexibility index (Phi) is 2.04. The monoisotopic (exact) mass is 189 g/mol. The summed E-state index contributed by atoms with van der Waals surface area (Å²) in [6, 6.07) is 6.12. The highest BCUT2D eigenvalue weighted by atomic mass is 15.1. The zero-order chi connectivity index (χ0) is 10.3. The quantitative estimate of drug-likeness (QED) is 0.744. The highest BCUT2D eigenvalue weighted by Crippen LogP contribution is 2.20. The summed E-state index contributed by atoms with van der Waals surface area (Å²) in [6.45, 7) is 4.05. The van der Waals surface area contributed by atoms with Gasteiger partial charge in [0.05, 0.1) is 17.1 Å². The maximum atomic E-state index is 5.85. The van der Waals surface area contributed by atoms with Crippen LogP contribution in [0.3, 0.4) is 0 Å². The lowest BCUT2D eigenvalue weighted by Crippen LogP contribution is -2.11. The second-order valence-electron chi connectivity index (χ2n) is 3.76. The van der Waals surface area contributed by atoms with Gasteiger partial charge in [-0.25, -0.2) is 4.98 Å². The van der Waals surface area contributed by atoms with E-state index >= 15 is 0 Å². The van der Waals surface area contributed by atoms with Crippen molar-refractivity contribution in [1.29, 1.82) is 0 Å². The molecule has 0 aliphatic rings. The smallest absolute Gasteiger partial charge is 0.126 e. The summed E-state index contributed by atoms with van der Waals surface area (Å²) in [5, 5.41) is 0. The number of hydrogen-bond donors (Lipinski definition) is 1. The number of nitrogens with zero attached hydrogens (tertiary/aromatic N) is 2. The second-order valence-corrected chi connectivity index (χ2v) is 3.76. The molecule has 0 bridgehead atoms. The van der Waals surface area contributed by atoms with Crippen LogP contribution in [-0.4, -0.2) is 9.55 Å². The van der Waals surface area contributed by atoms with Crippen molar-refractivity contribution in [3.63, 3.8) is 0 Å². The van der Waals surface area contributed by atoms with Crippen molar-refractivity contribution in [2.24, 2.45) is 12.8 Å². The van der Waals surface area contributed by atoms with Crippen molar-refractivity contribution in [3.05, 3.63) is 29.6 Å². The Bertz CT molecular complexity index is 469. The van der Waals surface area contributed by atoms with Crippen LogP contribution in [0.4, 0.5) is 0 Å². The fourth-order valence-electron chi connectivity index (χ4n) is 1.89. The van der Waals surface area contributed by atoms with Gasteiger partial charge in [-0.1, -0.05) is 12.1 Å². The van der Waals surface area contributed by atoms with E-state index in [2.05, 4.69) is 22.5 Å². The molecule has 0 saturated carbocycles. The summed E-state index contributed by atoms with van der Waals surface area (Å²) in [5.41, 5.74) is 9.29. The standard InChI is InChI=1S/C11H15N3/c1-7-5-4-6-9-10(7)14(3)11(13-9)8(2)12/h4-6,8H,12H2,1-3H3/t8-/m0/s1. The van der Waals surface area contributed by atoms with Crippen LogP contribution in [0, 0.1) is 6.92 Å². The summed E-state index contributed by atoms with van der Waals surface area (Å²) < 4.78 is 2.08. The van der Waals surface area contributed by atoms with Gasteiger partial charge in [0.25, 0.3) is 0 Å². The number of hydrogen-bond acceptors (Lipinski definition) is 2. The molecule has 0 amide bonds. The first kappa shape index (κ1) is 9.21. The van der Waals surface area contributed by atoms with Crippen LogP contribution in [0.15, 0.2) is 18.2 Å². The van der Waals surface area contributed by atoms with E-state index < -0.39 is 0 Å². The first-order valence-electron chi connectivity index (χ1n) is 4.79. The third kappa shape index (κ3) is 1.21. The molecule has 74 valence electrons. The molecular weight excluding hydrogens is 174 g/mol. The normalized spacial score (nSPS) is 13.4. The van der Waals surface area contributed by atoms with E-state index in [4.69, 9.17) is 5.73 Å². The van der Waals surface area contributed by atoms with E-state index in [0.29, 0.717) is 0 Å². The first-order valence-corrected chi connectivity index (χ1v) is 4.79. The average Bonchev–Trinajstić information content (AvgIpc) is 2.45. The molecule has 3 heteroatoms. The molecule has 3 nitrogen and oxygen atoms in total. The van der Waals surface area contributed by atoms with Crippen LogP contribution in [0.25, 0.3) is 11.0 Å².